The van der Waals surface area contributed by atoms with Gasteiger partial charge in [-0.3, -0.25) is 4.79 Å². The fraction of sp³-hybridized carbons (Fsp3) is 0.214. The number of benzene rings is 1. The van der Waals surface area contributed by atoms with Crippen LogP contribution in [0.15, 0.2) is 35.7 Å². The fourth-order valence-electron chi connectivity index (χ4n) is 1.66. The number of rotatable bonds is 4. The van der Waals surface area contributed by atoms with Crippen molar-refractivity contribution in [2.24, 2.45) is 5.10 Å². The minimum atomic E-state index is -0.329. The van der Waals surface area contributed by atoms with E-state index in [0.717, 1.165) is 11.3 Å². The van der Waals surface area contributed by atoms with Gasteiger partial charge in [0, 0.05) is 25.5 Å². The van der Waals surface area contributed by atoms with Crippen LogP contribution in [0.1, 0.15) is 21.7 Å². The van der Waals surface area contributed by atoms with E-state index in [4.69, 9.17) is 0 Å². The smallest absolute Gasteiger partial charge is 0.291 e. The minimum Gasteiger partial charge on any atom is -0.378 e. The Balaban J connectivity index is 1.96. The lowest BCUT2D eigenvalue weighted by atomic mass is 10.2. The van der Waals surface area contributed by atoms with E-state index in [2.05, 4.69) is 20.5 Å². The quantitative estimate of drug-likeness (QED) is 0.654. The molecule has 0 aliphatic heterocycles. The van der Waals surface area contributed by atoms with E-state index in [-0.39, 0.29) is 5.91 Å². The second-order valence-electron chi connectivity index (χ2n) is 4.56. The number of hydrazone groups is 1. The maximum Gasteiger partial charge on any atom is 0.291 e. The number of anilines is 1. The summed E-state index contributed by atoms with van der Waals surface area (Å²) in [5.41, 5.74) is 5.54. The Morgan fingerprint density at radius 3 is 2.60 bits per heavy atom. The summed E-state index contributed by atoms with van der Waals surface area (Å²) in [5.74, 6) is -0.329. The molecule has 6 heteroatoms. The molecule has 0 unspecified atom stereocenters. The van der Waals surface area contributed by atoms with Gasteiger partial charge in [-0.05, 0) is 24.6 Å². The average Bonchev–Trinajstić information content (AvgIpc) is 2.85. The number of carbonyl (C=O) groups excluding carboxylic acids is 1. The molecule has 20 heavy (non-hydrogen) atoms. The van der Waals surface area contributed by atoms with Crippen LogP contribution in [-0.2, 0) is 0 Å². The minimum absolute atomic E-state index is 0.329. The molecule has 1 amide bonds. The van der Waals surface area contributed by atoms with Gasteiger partial charge in [-0.1, -0.05) is 12.1 Å². The molecule has 1 heterocycles. The number of amides is 1. The number of hydrogen-bond donors (Lipinski definition) is 2. The van der Waals surface area contributed by atoms with Crippen molar-refractivity contribution in [3.63, 3.8) is 0 Å². The van der Waals surface area contributed by atoms with Gasteiger partial charge in [-0.2, -0.15) is 5.10 Å². The molecule has 2 rings (SSSR count). The number of hydrogen-bond acceptors (Lipinski definition) is 4. The first-order valence-electron chi connectivity index (χ1n) is 6.18. The van der Waals surface area contributed by atoms with Crippen LogP contribution in [0.4, 0.5) is 5.69 Å². The standard InChI is InChI=1S/C14H17N5O/c1-10-13(16-9-15-10)14(20)18-17-8-11-4-6-12(7-5-11)19(2)3/h4-9H,1-3H3,(H,15,16)(H,18,20)/b17-8+. The Bertz CT molecular complexity index is 613. The van der Waals surface area contributed by atoms with Gasteiger partial charge in [0.1, 0.15) is 0 Å². The lowest BCUT2D eigenvalue weighted by Crippen LogP contribution is -2.19. The van der Waals surface area contributed by atoms with Crippen molar-refractivity contribution in [2.75, 3.05) is 19.0 Å². The van der Waals surface area contributed by atoms with E-state index >= 15 is 0 Å². The predicted octanol–water partition coefficient (Wildman–Crippen LogP) is 1.55. The van der Waals surface area contributed by atoms with Gasteiger partial charge in [0.05, 0.1) is 12.5 Å². The summed E-state index contributed by atoms with van der Waals surface area (Å²) in [7, 11) is 3.96. The van der Waals surface area contributed by atoms with Crippen LogP contribution >= 0.6 is 0 Å². The zero-order valence-corrected chi connectivity index (χ0v) is 11.7. The van der Waals surface area contributed by atoms with Crippen LogP contribution in [0.2, 0.25) is 0 Å². The third-order valence-corrected chi connectivity index (χ3v) is 2.83. The zero-order chi connectivity index (χ0) is 14.5. The van der Waals surface area contributed by atoms with Crippen molar-refractivity contribution < 1.29 is 4.79 Å². The number of carbonyl (C=O) groups is 1. The van der Waals surface area contributed by atoms with Gasteiger partial charge in [0.25, 0.3) is 5.91 Å². The number of imidazole rings is 1. The van der Waals surface area contributed by atoms with Crippen LogP contribution < -0.4 is 10.3 Å². The highest BCUT2D eigenvalue weighted by molar-refractivity contribution is 5.94. The molecule has 6 nitrogen and oxygen atoms in total. The number of nitrogens with one attached hydrogen (secondary N) is 2. The Hall–Kier alpha value is -2.63. The highest BCUT2D eigenvalue weighted by Gasteiger charge is 2.09. The molecular formula is C14H17N5O. The number of H-pyrrole nitrogens is 1. The Morgan fingerprint density at radius 2 is 2.05 bits per heavy atom. The largest absolute Gasteiger partial charge is 0.378 e. The molecule has 0 aliphatic rings. The highest BCUT2D eigenvalue weighted by atomic mass is 16.2. The summed E-state index contributed by atoms with van der Waals surface area (Å²) < 4.78 is 0. The first-order valence-corrected chi connectivity index (χ1v) is 6.18. The first kappa shape index (κ1) is 13.8. The van der Waals surface area contributed by atoms with Crippen molar-refractivity contribution in [3.05, 3.63) is 47.5 Å². The number of aromatic amines is 1. The summed E-state index contributed by atoms with van der Waals surface area (Å²) in [6.07, 6.45) is 3.08. The molecule has 104 valence electrons. The monoisotopic (exact) mass is 271 g/mol. The van der Waals surface area contributed by atoms with Crippen LogP contribution in [0, 0.1) is 6.92 Å². The second kappa shape index (κ2) is 6.01. The molecule has 0 saturated carbocycles. The molecule has 1 aromatic carbocycles. The number of aryl methyl sites for hydroxylation is 1. The van der Waals surface area contributed by atoms with Crippen molar-refractivity contribution in [3.8, 4) is 0 Å². The summed E-state index contributed by atoms with van der Waals surface area (Å²) in [6.45, 7) is 1.78. The van der Waals surface area contributed by atoms with Crippen LogP contribution in [-0.4, -0.2) is 36.2 Å². The molecule has 0 saturated heterocycles. The van der Waals surface area contributed by atoms with Crippen LogP contribution in [0.5, 0.6) is 0 Å². The second-order valence-corrected chi connectivity index (χ2v) is 4.56. The first-order chi connectivity index (χ1) is 9.58. The molecule has 0 radical (unpaired) electrons. The molecule has 1 aromatic heterocycles. The van der Waals surface area contributed by atoms with E-state index in [0.29, 0.717) is 11.4 Å². The van der Waals surface area contributed by atoms with Gasteiger partial charge in [0.15, 0.2) is 5.69 Å². The van der Waals surface area contributed by atoms with E-state index in [1.165, 1.54) is 6.33 Å². The average molecular weight is 271 g/mol. The van der Waals surface area contributed by atoms with Crippen molar-refractivity contribution >= 4 is 17.8 Å². The third-order valence-electron chi connectivity index (χ3n) is 2.83. The summed E-state index contributed by atoms with van der Waals surface area (Å²) >= 11 is 0. The molecule has 0 atom stereocenters. The molecule has 2 aromatic rings. The van der Waals surface area contributed by atoms with E-state index in [1.54, 1.807) is 13.1 Å². The molecule has 0 fully saturated rings. The highest BCUT2D eigenvalue weighted by Crippen LogP contribution is 2.10. The van der Waals surface area contributed by atoms with Gasteiger partial charge >= 0.3 is 0 Å². The van der Waals surface area contributed by atoms with Gasteiger partial charge < -0.3 is 9.88 Å². The number of nitrogens with zero attached hydrogens (tertiary/aromatic N) is 3. The predicted molar refractivity (Wildman–Crippen MR) is 79.2 cm³/mol. The fourth-order valence-corrected chi connectivity index (χ4v) is 1.66. The normalized spacial score (nSPS) is 10.8. The summed E-state index contributed by atoms with van der Waals surface area (Å²) in [6, 6.07) is 7.84. The summed E-state index contributed by atoms with van der Waals surface area (Å²) in [4.78, 5) is 20.5. The van der Waals surface area contributed by atoms with Crippen LogP contribution in [0.25, 0.3) is 0 Å². The maximum atomic E-state index is 11.7. The Kier molecular flexibility index (Phi) is 4.14. The van der Waals surface area contributed by atoms with E-state index in [1.807, 2.05) is 43.3 Å². The van der Waals surface area contributed by atoms with Gasteiger partial charge in [-0.25, -0.2) is 10.4 Å². The molecule has 2 N–H and O–H groups in total. The maximum absolute atomic E-state index is 11.7. The van der Waals surface area contributed by atoms with Crippen LogP contribution in [0.3, 0.4) is 0 Å². The molecule has 0 spiro atoms. The van der Waals surface area contributed by atoms with Crippen molar-refractivity contribution in [1.82, 2.24) is 15.4 Å². The van der Waals surface area contributed by atoms with Crippen molar-refractivity contribution in [1.29, 1.82) is 0 Å². The molecule has 0 bridgehead atoms. The topological polar surface area (TPSA) is 73.4 Å². The van der Waals surface area contributed by atoms with Gasteiger partial charge in [-0.15, -0.1) is 0 Å². The van der Waals surface area contributed by atoms with Gasteiger partial charge in [0.2, 0.25) is 0 Å². The van der Waals surface area contributed by atoms with Crippen molar-refractivity contribution in [2.45, 2.75) is 6.92 Å². The summed E-state index contributed by atoms with van der Waals surface area (Å²) in [5, 5.41) is 3.92. The third kappa shape index (κ3) is 3.23. The molecular weight excluding hydrogens is 254 g/mol. The SMILES string of the molecule is Cc1[nH]cnc1C(=O)N/N=C/c1ccc(N(C)C)cc1. The zero-order valence-electron chi connectivity index (χ0n) is 11.7. The Labute approximate surface area is 117 Å². The lowest BCUT2D eigenvalue weighted by Gasteiger charge is -2.11. The Morgan fingerprint density at radius 1 is 1.35 bits per heavy atom. The molecule has 0 aliphatic carbocycles. The lowest BCUT2D eigenvalue weighted by molar-refractivity contribution is 0.0950. The number of aromatic nitrogens is 2. The van der Waals surface area contributed by atoms with E-state index < -0.39 is 0 Å². The van der Waals surface area contributed by atoms with E-state index in [9.17, 15) is 4.79 Å².